The van der Waals surface area contributed by atoms with E-state index in [0.29, 0.717) is 46.9 Å². The van der Waals surface area contributed by atoms with Gasteiger partial charge in [-0.05, 0) is 61.0 Å². The van der Waals surface area contributed by atoms with Crippen molar-refractivity contribution in [2.45, 2.75) is 19.0 Å². The van der Waals surface area contributed by atoms with Crippen LogP contribution >= 0.6 is 0 Å². The van der Waals surface area contributed by atoms with Gasteiger partial charge in [0.2, 0.25) is 0 Å². The molecule has 0 spiro atoms. The van der Waals surface area contributed by atoms with E-state index in [1.165, 1.54) is 18.3 Å². The number of benzene rings is 1. The van der Waals surface area contributed by atoms with Gasteiger partial charge in [0.25, 0.3) is 0 Å². The molecule has 11 heteroatoms. The Morgan fingerprint density at radius 2 is 1.95 bits per heavy atom. The van der Waals surface area contributed by atoms with E-state index in [-0.39, 0.29) is 28.6 Å². The molecular formula is C29H23N7O4. The van der Waals surface area contributed by atoms with Crippen LogP contribution in [0.5, 0.6) is 5.75 Å². The summed E-state index contributed by atoms with van der Waals surface area (Å²) in [5.74, 6) is -1.09. The number of nitriles is 1. The van der Waals surface area contributed by atoms with Crippen LogP contribution in [0, 0.1) is 11.3 Å². The topological polar surface area (TPSA) is 150 Å². The van der Waals surface area contributed by atoms with Crippen LogP contribution in [0.4, 0.5) is 0 Å². The summed E-state index contributed by atoms with van der Waals surface area (Å²) in [5.41, 5.74) is 3.87. The minimum atomic E-state index is -0.995. The number of phenolic OH excluding ortho intramolecular Hbond substituents is 1. The smallest absolute Gasteiger partial charge is 0.335 e. The Morgan fingerprint density at radius 1 is 1.07 bits per heavy atom. The highest BCUT2D eigenvalue weighted by Gasteiger charge is 2.29. The maximum atomic E-state index is 13.8. The van der Waals surface area contributed by atoms with Gasteiger partial charge in [0.05, 0.1) is 46.0 Å². The molecule has 1 saturated heterocycles. The number of hydrogen-bond donors (Lipinski definition) is 2. The second-order valence-corrected chi connectivity index (χ2v) is 9.60. The molecule has 11 nitrogen and oxygen atoms in total. The standard InChI is InChI=1S/C29H23N7O4/c30-14-20-12-18(3-6-26(20)37)24-5-4-22(15-33-24)35-25-2-1-9-32-27(25)36(29(35)40)23-8-11-34(17-23)16-21-13-19(28(38)39)7-10-31-21/h1-7,9-10,12-13,15,23,37H,8,11,16-17H2,(H,38,39). The van der Waals surface area contributed by atoms with Gasteiger partial charge in [-0.25, -0.2) is 14.6 Å². The lowest BCUT2D eigenvalue weighted by atomic mass is 10.1. The fourth-order valence-electron chi connectivity index (χ4n) is 5.20. The molecule has 1 aromatic carbocycles. The molecule has 0 radical (unpaired) electrons. The third kappa shape index (κ3) is 4.46. The quantitative estimate of drug-likeness (QED) is 0.335. The molecule has 0 aliphatic carbocycles. The minimum absolute atomic E-state index is 0.0924. The fraction of sp³-hybridized carbons (Fsp3) is 0.172. The number of fused-ring (bicyclic) bond motifs is 1. The molecule has 2 N–H and O–H groups in total. The molecule has 0 saturated carbocycles. The molecular weight excluding hydrogens is 510 g/mol. The fourth-order valence-corrected chi connectivity index (χ4v) is 5.20. The largest absolute Gasteiger partial charge is 0.507 e. The highest BCUT2D eigenvalue weighted by molar-refractivity contribution is 5.87. The number of aromatic nitrogens is 5. The van der Waals surface area contributed by atoms with Crippen LogP contribution in [0.2, 0.25) is 0 Å². The summed E-state index contributed by atoms with van der Waals surface area (Å²) in [6.07, 6.45) is 5.50. The summed E-state index contributed by atoms with van der Waals surface area (Å²) in [6.45, 7) is 1.80. The van der Waals surface area contributed by atoms with Gasteiger partial charge in [0.1, 0.15) is 11.8 Å². The van der Waals surface area contributed by atoms with E-state index in [2.05, 4.69) is 19.9 Å². The van der Waals surface area contributed by atoms with E-state index in [9.17, 15) is 25.1 Å². The van der Waals surface area contributed by atoms with Crippen molar-refractivity contribution >= 4 is 17.1 Å². The summed E-state index contributed by atoms with van der Waals surface area (Å²) in [5, 5.41) is 28.3. The number of likely N-dealkylation sites (tertiary alicyclic amines) is 1. The number of imidazole rings is 1. The predicted octanol–water partition coefficient (Wildman–Crippen LogP) is 3.37. The highest BCUT2D eigenvalue weighted by atomic mass is 16.4. The molecule has 1 fully saturated rings. The maximum absolute atomic E-state index is 13.8. The summed E-state index contributed by atoms with van der Waals surface area (Å²) in [4.78, 5) is 40.7. The SMILES string of the molecule is N#Cc1cc(-c2ccc(-n3c(=O)n(C4CCN(Cc5cc(C(=O)O)ccn5)C4)c4ncccc43)cn2)ccc1O. The molecule has 0 amide bonds. The van der Waals surface area contributed by atoms with Crippen molar-refractivity contribution in [2.75, 3.05) is 13.1 Å². The van der Waals surface area contributed by atoms with E-state index < -0.39 is 5.97 Å². The van der Waals surface area contributed by atoms with Crippen LogP contribution < -0.4 is 5.69 Å². The molecule has 40 heavy (non-hydrogen) atoms. The van der Waals surface area contributed by atoms with Gasteiger partial charge in [-0.2, -0.15) is 5.26 Å². The summed E-state index contributed by atoms with van der Waals surface area (Å²) >= 11 is 0. The van der Waals surface area contributed by atoms with Crippen molar-refractivity contribution in [3.05, 3.63) is 100 Å². The second kappa shape index (κ2) is 10.1. The van der Waals surface area contributed by atoms with Crippen LogP contribution in [0.15, 0.2) is 78.0 Å². The van der Waals surface area contributed by atoms with Crippen molar-refractivity contribution in [3.63, 3.8) is 0 Å². The monoisotopic (exact) mass is 533 g/mol. The average Bonchev–Trinajstić information content (AvgIpc) is 3.54. The Bertz CT molecular complexity index is 1850. The zero-order chi connectivity index (χ0) is 27.8. The van der Waals surface area contributed by atoms with Gasteiger partial charge >= 0.3 is 11.7 Å². The molecule has 4 aromatic heterocycles. The number of nitrogens with zero attached hydrogens (tertiary/aromatic N) is 7. The van der Waals surface area contributed by atoms with Crippen molar-refractivity contribution < 1.29 is 15.0 Å². The van der Waals surface area contributed by atoms with Crippen LogP contribution in [0.1, 0.15) is 34.1 Å². The number of pyridine rings is 3. The molecule has 1 atom stereocenters. The zero-order valence-corrected chi connectivity index (χ0v) is 21.2. The Balaban J connectivity index is 1.30. The van der Waals surface area contributed by atoms with Crippen molar-refractivity contribution in [1.29, 1.82) is 5.26 Å². The van der Waals surface area contributed by atoms with Crippen LogP contribution in [-0.2, 0) is 6.54 Å². The first-order valence-corrected chi connectivity index (χ1v) is 12.6. The van der Waals surface area contributed by atoms with E-state index in [4.69, 9.17) is 0 Å². The molecule has 0 bridgehead atoms. The third-order valence-corrected chi connectivity index (χ3v) is 7.11. The van der Waals surface area contributed by atoms with Gasteiger partial charge in [0, 0.05) is 37.6 Å². The average molecular weight is 534 g/mol. The number of carboxylic acid groups (broad SMARTS) is 1. The molecule has 6 rings (SSSR count). The highest BCUT2D eigenvalue weighted by Crippen LogP contribution is 2.28. The summed E-state index contributed by atoms with van der Waals surface area (Å²) in [6, 6.07) is 16.8. The first-order valence-electron chi connectivity index (χ1n) is 12.6. The van der Waals surface area contributed by atoms with Gasteiger partial charge in [0.15, 0.2) is 5.65 Å². The van der Waals surface area contributed by atoms with Gasteiger partial charge in [-0.3, -0.25) is 24.0 Å². The number of aromatic hydroxyl groups is 1. The van der Waals surface area contributed by atoms with Gasteiger partial charge in [-0.1, -0.05) is 0 Å². The maximum Gasteiger partial charge on any atom is 0.335 e. The van der Waals surface area contributed by atoms with Crippen LogP contribution in [0.25, 0.3) is 28.1 Å². The Labute approximate surface area is 227 Å². The van der Waals surface area contributed by atoms with E-state index in [0.717, 1.165) is 13.0 Å². The number of hydrogen-bond acceptors (Lipinski definition) is 8. The molecule has 198 valence electrons. The lowest BCUT2D eigenvalue weighted by Gasteiger charge is -2.16. The normalized spacial score (nSPS) is 15.3. The van der Waals surface area contributed by atoms with Gasteiger partial charge in [-0.15, -0.1) is 0 Å². The number of aromatic carboxylic acids is 1. The molecule has 5 heterocycles. The molecule has 5 aromatic rings. The third-order valence-electron chi connectivity index (χ3n) is 7.11. The van der Waals surface area contributed by atoms with E-state index in [1.54, 1.807) is 57.9 Å². The Hall–Kier alpha value is -5.34. The lowest BCUT2D eigenvalue weighted by molar-refractivity contribution is 0.0696. The predicted molar refractivity (Wildman–Crippen MR) is 145 cm³/mol. The number of carboxylic acids is 1. The second-order valence-electron chi connectivity index (χ2n) is 9.60. The molecule has 1 aliphatic heterocycles. The van der Waals surface area contributed by atoms with Crippen LogP contribution in [0.3, 0.4) is 0 Å². The minimum Gasteiger partial charge on any atom is -0.507 e. The zero-order valence-electron chi connectivity index (χ0n) is 21.2. The lowest BCUT2D eigenvalue weighted by Crippen LogP contribution is -2.29. The Morgan fingerprint density at radius 3 is 2.73 bits per heavy atom. The molecule has 1 aliphatic rings. The number of phenols is 1. The summed E-state index contributed by atoms with van der Waals surface area (Å²) < 4.78 is 3.32. The van der Waals surface area contributed by atoms with Crippen molar-refractivity contribution in [3.8, 4) is 28.8 Å². The van der Waals surface area contributed by atoms with Crippen molar-refractivity contribution in [2.24, 2.45) is 0 Å². The number of carbonyl (C=O) groups is 1. The van der Waals surface area contributed by atoms with E-state index >= 15 is 0 Å². The first-order chi connectivity index (χ1) is 19.4. The van der Waals surface area contributed by atoms with Crippen molar-refractivity contribution in [1.82, 2.24) is 29.0 Å². The van der Waals surface area contributed by atoms with E-state index in [1.807, 2.05) is 12.1 Å². The Kier molecular flexibility index (Phi) is 6.30. The van der Waals surface area contributed by atoms with Gasteiger partial charge < -0.3 is 10.2 Å². The van der Waals surface area contributed by atoms with Crippen LogP contribution in [-0.4, -0.2) is 58.3 Å². The summed E-state index contributed by atoms with van der Waals surface area (Å²) in [7, 11) is 0. The molecule has 1 unspecified atom stereocenters. The number of rotatable bonds is 6. The first kappa shape index (κ1) is 25.0.